The third-order valence-electron chi connectivity index (χ3n) is 5.16. The van der Waals surface area contributed by atoms with E-state index in [9.17, 15) is 0 Å². The highest BCUT2D eigenvalue weighted by Gasteiger charge is 2.17. The molecule has 1 aliphatic heterocycles. The molecular formula is C26H26N4O. The van der Waals surface area contributed by atoms with Crippen molar-refractivity contribution in [3.05, 3.63) is 94.7 Å². The number of allylic oxidation sites excluding steroid dienone is 3. The number of hydrogen-bond donors (Lipinski definition) is 0. The Bertz CT molecular complexity index is 1080. The lowest BCUT2D eigenvalue weighted by Crippen LogP contribution is -2.13. The summed E-state index contributed by atoms with van der Waals surface area (Å²) in [5.74, 6) is 0.660. The second-order valence-corrected chi connectivity index (χ2v) is 7.67. The molecule has 0 N–H and O–H groups in total. The van der Waals surface area contributed by atoms with Crippen molar-refractivity contribution < 1.29 is 4.74 Å². The molecule has 3 rings (SSSR count). The average Bonchev–Trinajstić information content (AvgIpc) is 2.78. The summed E-state index contributed by atoms with van der Waals surface area (Å²) in [6.07, 6.45) is 6.14. The fourth-order valence-corrected chi connectivity index (χ4v) is 3.38. The molecular weight excluding hydrogens is 384 g/mol. The van der Waals surface area contributed by atoms with Crippen LogP contribution >= 0.6 is 0 Å². The molecule has 0 saturated carbocycles. The minimum Gasteiger partial charge on any atom is -0.490 e. The van der Waals surface area contributed by atoms with Gasteiger partial charge in [-0.25, -0.2) is 10.1 Å². The van der Waals surface area contributed by atoms with Crippen LogP contribution in [-0.2, 0) is 4.74 Å². The van der Waals surface area contributed by atoms with Crippen LogP contribution < -0.4 is 9.80 Å². The fourth-order valence-electron chi connectivity index (χ4n) is 3.38. The topological polar surface area (TPSA) is 43.9 Å². The van der Waals surface area contributed by atoms with Gasteiger partial charge in [-0.2, -0.15) is 0 Å². The van der Waals surface area contributed by atoms with Gasteiger partial charge in [-0.3, -0.25) is 0 Å². The maximum atomic E-state index is 9.13. The van der Waals surface area contributed by atoms with E-state index in [1.54, 1.807) is 6.08 Å². The Hall–Kier alpha value is -3.96. The van der Waals surface area contributed by atoms with Gasteiger partial charge in [0.15, 0.2) is 0 Å². The van der Waals surface area contributed by atoms with Crippen LogP contribution in [0.15, 0.2) is 77.7 Å². The van der Waals surface area contributed by atoms with Crippen molar-refractivity contribution in [1.82, 2.24) is 0 Å². The van der Waals surface area contributed by atoms with Gasteiger partial charge in [0.05, 0.1) is 18.7 Å². The predicted octanol–water partition coefficient (Wildman–Crippen LogP) is 5.92. The summed E-state index contributed by atoms with van der Waals surface area (Å²) < 4.78 is 5.84. The Labute approximate surface area is 184 Å². The summed E-state index contributed by atoms with van der Waals surface area (Å²) in [7, 11) is 6.12. The molecule has 0 saturated heterocycles. The molecule has 156 valence electrons. The normalized spacial score (nSPS) is 17.2. The fraction of sp³-hybridized carbons (Fsp3) is 0.231. The highest BCUT2D eigenvalue weighted by molar-refractivity contribution is 5.66. The van der Waals surface area contributed by atoms with Gasteiger partial charge in [-0.15, -0.1) is 0 Å². The summed E-state index contributed by atoms with van der Waals surface area (Å²) in [5, 5.41) is 9.13. The van der Waals surface area contributed by atoms with Gasteiger partial charge in [0.25, 0.3) is 5.70 Å². The number of benzene rings is 2. The standard InChI is InChI=1S/C26H26N4O/c1-19-16-21(26(18-27)28-2)17-25(31-19)15-8-20-6-9-23(10-7-20)30(5)24-13-11-22(12-14-24)29(3)4/h6-15,17,19H,16H2,1,3-5H3. The summed E-state index contributed by atoms with van der Waals surface area (Å²) in [6, 6.07) is 18.7. The van der Waals surface area contributed by atoms with Crippen LogP contribution in [0.2, 0.25) is 0 Å². The first-order chi connectivity index (χ1) is 14.9. The first-order valence-corrected chi connectivity index (χ1v) is 10.1. The molecule has 5 nitrogen and oxygen atoms in total. The highest BCUT2D eigenvalue weighted by atomic mass is 16.5. The minimum absolute atomic E-state index is 0.0698. The third-order valence-corrected chi connectivity index (χ3v) is 5.16. The van der Waals surface area contributed by atoms with E-state index in [2.05, 4.69) is 70.2 Å². The molecule has 2 aromatic carbocycles. The Morgan fingerprint density at radius 1 is 1.03 bits per heavy atom. The van der Waals surface area contributed by atoms with E-state index in [0.29, 0.717) is 12.2 Å². The van der Waals surface area contributed by atoms with Crippen molar-refractivity contribution in [3.63, 3.8) is 0 Å². The second-order valence-electron chi connectivity index (χ2n) is 7.67. The van der Waals surface area contributed by atoms with E-state index in [1.807, 2.05) is 39.2 Å². The van der Waals surface area contributed by atoms with Crippen LogP contribution in [0.25, 0.3) is 10.9 Å². The van der Waals surface area contributed by atoms with Gasteiger partial charge in [-0.05, 0) is 66.6 Å². The van der Waals surface area contributed by atoms with Crippen LogP contribution in [0, 0.1) is 17.9 Å². The summed E-state index contributed by atoms with van der Waals surface area (Å²) in [5.41, 5.74) is 5.29. The number of nitrogens with zero attached hydrogens (tertiary/aromatic N) is 4. The number of nitriles is 1. The van der Waals surface area contributed by atoms with Crippen molar-refractivity contribution >= 4 is 23.1 Å². The highest BCUT2D eigenvalue weighted by Crippen LogP contribution is 2.28. The maximum Gasteiger partial charge on any atom is 0.265 e. The van der Waals surface area contributed by atoms with Crippen molar-refractivity contribution in [2.45, 2.75) is 19.4 Å². The monoisotopic (exact) mass is 410 g/mol. The maximum absolute atomic E-state index is 9.13. The van der Waals surface area contributed by atoms with Gasteiger partial charge in [0.1, 0.15) is 5.76 Å². The predicted molar refractivity (Wildman–Crippen MR) is 127 cm³/mol. The third kappa shape index (κ3) is 5.35. The summed E-state index contributed by atoms with van der Waals surface area (Å²) in [4.78, 5) is 7.55. The van der Waals surface area contributed by atoms with Gasteiger partial charge in [0, 0.05) is 44.6 Å². The first kappa shape index (κ1) is 21.7. The molecule has 0 spiro atoms. The van der Waals surface area contributed by atoms with Crippen molar-refractivity contribution in [2.24, 2.45) is 0 Å². The molecule has 1 heterocycles. The van der Waals surface area contributed by atoms with Crippen LogP contribution in [0.4, 0.5) is 17.1 Å². The van der Waals surface area contributed by atoms with Gasteiger partial charge in [0.2, 0.25) is 0 Å². The Morgan fingerprint density at radius 2 is 1.61 bits per heavy atom. The SMILES string of the molecule is [C-]#[N+]C(C#N)=C1C=C(C=Cc2ccc(N(C)c3ccc(N(C)C)cc3)cc2)OC(C)C1. The van der Waals surface area contributed by atoms with Crippen LogP contribution in [-0.4, -0.2) is 27.2 Å². The van der Waals surface area contributed by atoms with Gasteiger partial charge in [-0.1, -0.05) is 18.2 Å². The molecule has 0 fully saturated rings. The molecule has 31 heavy (non-hydrogen) atoms. The largest absolute Gasteiger partial charge is 0.490 e. The average molecular weight is 411 g/mol. The zero-order valence-corrected chi connectivity index (χ0v) is 18.3. The molecule has 1 unspecified atom stereocenters. The molecule has 1 atom stereocenters. The molecule has 1 aliphatic rings. The second kappa shape index (κ2) is 9.69. The minimum atomic E-state index is -0.0698. The van der Waals surface area contributed by atoms with E-state index >= 15 is 0 Å². The lowest BCUT2D eigenvalue weighted by molar-refractivity contribution is 0.133. The quantitative estimate of drug-likeness (QED) is 0.453. The van der Waals surface area contributed by atoms with Gasteiger partial charge >= 0.3 is 0 Å². The van der Waals surface area contributed by atoms with E-state index in [1.165, 1.54) is 5.69 Å². The van der Waals surface area contributed by atoms with Crippen LogP contribution in [0.1, 0.15) is 18.9 Å². The zero-order chi connectivity index (χ0) is 22.4. The lowest BCUT2D eigenvalue weighted by atomic mass is 10.0. The molecule has 0 aliphatic carbocycles. The Kier molecular flexibility index (Phi) is 6.80. The zero-order valence-electron chi connectivity index (χ0n) is 18.3. The molecule has 0 bridgehead atoms. The Morgan fingerprint density at radius 3 is 2.16 bits per heavy atom. The van der Waals surface area contributed by atoms with Crippen LogP contribution in [0.5, 0.6) is 0 Å². The lowest BCUT2D eigenvalue weighted by Gasteiger charge is -2.22. The van der Waals surface area contributed by atoms with E-state index in [0.717, 1.165) is 22.5 Å². The number of anilines is 3. The van der Waals surface area contributed by atoms with Crippen molar-refractivity contribution in [1.29, 1.82) is 5.26 Å². The summed E-state index contributed by atoms with van der Waals surface area (Å²) >= 11 is 0. The van der Waals surface area contributed by atoms with Crippen LogP contribution in [0.3, 0.4) is 0 Å². The van der Waals surface area contributed by atoms with Crippen molar-refractivity contribution in [2.75, 3.05) is 30.9 Å². The van der Waals surface area contributed by atoms with E-state index in [4.69, 9.17) is 16.6 Å². The number of hydrogen-bond acceptors (Lipinski definition) is 4. The molecule has 0 aromatic heterocycles. The van der Waals surface area contributed by atoms with Crippen molar-refractivity contribution in [3.8, 4) is 6.07 Å². The molecule has 0 radical (unpaired) electrons. The number of rotatable bonds is 5. The number of ether oxygens (including phenoxy) is 1. The molecule has 5 heteroatoms. The Balaban J connectivity index is 1.74. The first-order valence-electron chi connectivity index (χ1n) is 10.1. The van der Waals surface area contributed by atoms with Gasteiger partial charge < -0.3 is 14.5 Å². The van der Waals surface area contributed by atoms with E-state index < -0.39 is 0 Å². The van der Waals surface area contributed by atoms with E-state index in [-0.39, 0.29) is 11.8 Å². The molecule has 0 amide bonds. The molecule has 2 aromatic rings. The summed E-state index contributed by atoms with van der Waals surface area (Å²) in [6.45, 7) is 9.10. The smallest absolute Gasteiger partial charge is 0.265 e.